The van der Waals surface area contributed by atoms with E-state index in [9.17, 15) is 14.9 Å². The first kappa shape index (κ1) is 11.4. The number of carbonyl (C=O) groups excluding carboxylic acids is 1. The van der Waals surface area contributed by atoms with Gasteiger partial charge >= 0.3 is 0 Å². The Kier molecular flexibility index (Phi) is 2.95. The zero-order valence-electron chi connectivity index (χ0n) is 9.26. The zero-order valence-corrected chi connectivity index (χ0v) is 9.26. The van der Waals surface area contributed by atoms with Gasteiger partial charge < -0.3 is 10.6 Å². The summed E-state index contributed by atoms with van der Waals surface area (Å²) in [5.41, 5.74) is 5.63. The molecule has 90 valence electrons. The molecular formula is C11H13N3O3. The fourth-order valence-corrected chi connectivity index (χ4v) is 2.02. The fourth-order valence-electron chi connectivity index (χ4n) is 2.02. The molecular weight excluding hydrogens is 222 g/mol. The highest BCUT2D eigenvalue weighted by Gasteiger charge is 2.28. The number of amides is 1. The molecule has 2 rings (SSSR count). The minimum Gasteiger partial charge on any atom is -0.398 e. The number of anilines is 1. The Bertz CT molecular complexity index is 467. The second-order valence-electron chi connectivity index (χ2n) is 4.00. The van der Waals surface area contributed by atoms with Gasteiger partial charge in [-0.2, -0.15) is 0 Å². The number of nitro groups is 1. The number of carbonyl (C=O) groups is 1. The highest BCUT2D eigenvalue weighted by molar-refractivity contribution is 6.03. The summed E-state index contributed by atoms with van der Waals surface area (Å²) in [7, 11) is 0. The summed E-state index contributed by atoms with van der Waals surface area (Å²) in [4.78, 5) is 24.0. The van der Waals surface area contributed by atoms with Gasteiger partial charge in [-0.05, 0) is 18.9 Å². The molecule has 1 saturated heterocycles. The summed E-state index contributed by atoms with van der Waals surface area (Å²) < 4.78 is 0. The lowest BCUT2D eigenvalue weighted by atomic mass is 10.1. The third-order valence-corrected chi connectivity index (χ3v) is 2.88. The standard InChI is InChI=1S/C11H13N3O3/c12-8-4-3-5-9(14(16)17)10(8)11(15)13-6-1-2-7-13/h3-5H,1-2,6-7,12H2. The summed E-state index contributed by atoms with van der Waals surface area (Å²) in [6, 6.07) is 4.30. The van der Waals surface area contributed by atoms with Crippen LogP contribution in [-0.2, 0) is 0 Å². The number of nitrogen functional groups attached to an aromatic ring is 1. The van der Waals surface area contributed by atoms with Gasteiger partial charge in [-0.25, -0.2) is 0 Å². The van der Waals surface area contributed by atoms with Crippen molar-refractivity contribution < 1.29 is 9.72 Å². The number of likely N-dealkylation sites (tertiary alicyclic amines) is 1. The van der Waals surface area contributed by atoms with E-state index >= 15 is 0 Å². The van der Waals surface area contributed by atoms with Crippen molar-refractivity contribution in [2.45, 2.75) is 12.8 Å². The van der Waals surface area contributed by atoms with Gasteiger partial charge in [0.15, 0.2) is 0 Å². The van der Waals surface area contributed by atoms with Crippen LogP contribution in [0.2, 0.25) is 0 Å². The molecule has 0 spiro atoms. The van der Waals surface area contributed by atoms with Crippen molar-refractivity contribution in [2.24, 2.45) is 0 Å². The maximum absolute atomic E-state index is 12.1. The Morgan fingerprint density at radius 1 is 1.35 bits per heavy atom. The van der Waals surface area contributed by atoms with Crippen LogP contribution in [0.15, 0.2) is 18.2 Å². The van der Waals surface area contributed by atoms with Crippen molar-refractivity contribution in [3.8, 4) is 0 Å². The van der Waals surface area contributed by atoms with Crippen LogP contribution in [-0.4, -0.2) is 28.8 Å². The minimum atomic E-state index is -0.570. The van der Waals surface area contributed by atoms with E-state index in [-0.39, 0.29) is 22.8 Å². The van der Waals surface area contributed by atoms with E-state index in [2.05, 4.69) is 0 Å². The molecule has 1 aromatic rings. The molecule has 1 fully saturated rings. The fraction of sp³-hybridized carbons (Fsp3) is 0.364. The van der Waals surface area contributed by atoms with Crippen molar-refractivity contribution in [1.29, 1.82) is 0 Å². The second-order valence-corrected chi connectivity index (χ2v) is 4.00. The van der Waals surface area contributed by atoms with Crippen molar-refractivity contribution in [3.05, 3.63) is 33.9 Å². The van der Waals surface area contributed by atoms with Crippen LogP contribution in [0.5, 0.6) is 0 Å². The van der Waals surface area contributed by atoms with Crippen molar-refractivity contribution >= 4 is 17.3 Å². The highest BCUT2D eigenvalue weighted by atomic mass is 16.6. The largest absolute Gasteiger partial charge is 0.398 e. The molecule has 6 heteroatoms. The number of nitro benzene ring substituents is 1. The van der Waals surface area contributed by atoms with Crippen LogP contribution >= 0.6 is 0 Å². The lowest BCUT2D eigenvalue weighted by Gasteiger charge is -2.16. The maximum Gasteiger partial charge on any atom is 0.284 e. The molecule has 0 bridgehead atoms. The molecule has 1 amide bonds. The molecule has 0 radical (unpaired) electrons. The van der Waals surface area contributed by atoms with Gasteiger partial charge in [0.2, 0.25) is 0 Å². The molecule has 1 aliphatic heterocycles. The maximum atomic E-state index is 12.1. The van der Waals surface area contributed by atoms with E-state index in [0.29, 0.717) is 13.1 Å². The van der Waals surface area contributed by atoms with Crippen LogP contribution in [0.4, 0.5) is 11.4 Å². The highest BCUT2D eigenvalue weighted by Crippen LogP contribution is 2.26. The number of benzene rings is 1. The van der Waals surface area contributed by atoms with Gasteiger partial charge in [0.05, 0.1) is 10.6 Å². The predicted molar refractivity (Wildman–Crippen MR) is 62.6 cm³/mol. The Hall–Kier alpha value is -2.11. The Balaban J connectivity index is 2.42. The lowest BCUT2D eigenvalue weighted by Crippen LogP contribution is -2.29. The topological polar surface area (TPSA) is 89.5 Å². The number of hydrogen-bond acceptors (Lipinski definition) is 4. The van der Waals surface area contributed by atoms with Gasteiger partial charge in [0.1, 0.15) is 5.56 Å². The van der Waals surface area contributed by atoms with E-state index in [1.54, 1.807) is 4.90 Å². The average Bonchev–Trinajstić information content (AvgIpc) is 2.81. The third-order valence-electron chi connectivity index (χ3n) is 2.88. The van der Waals surface area contributed by atoms with Crippen molar-refractivity contribution in [1.82, 2.24) is 4.90 Å². The van der Waals surface area contributed by atoms with Crippen LogP contribution < -0.4 is 5.73 Å². The number of nitrogens with two attached hydrogens (primary N) is 1. The van der Waals surface area contributed by atoms with E-state index in [1.165, 1.54) is 18.2 Å². The molecule has 0 unspecified atom stereocenters. The van der Waals surface area contributed by atoms with E-state index < -0.39 is 4.92 Å². The van der Waals surface area contributed by atoms with E-state index in [0.717, 1.165) is 12.8 Å². The van der Waals surface area contributed by atoms with Crippen molar-refractivity contribution in [2.75, 3.05) is 18.8 Å². The summed E-state index contributed by atoms with van der Waals surface area (Å²) in [6.45, 7) is 1.29. The van der Waals surface area contributed by atoms with Gasteiger partial charge in [0.25, 0.3) is 11.6 Å². The number of nitrogens with zero attached hydrogens (tertiary/aromatic N) is 2. The predicted octanol–water partition coefficient (Wildman–Crippen LogP) is 1.41. The SMILES string of the molecule is Nc1cccc([N+](=O)[O-])c1C(=O)N1CCCC1. The summed E-state index contributed by atoms with van der Waals surface area (Å²) in [5, 5.41) is 10.9. The van der Waals surface area contributed by atoms with Gasteiger partial charge in [-0.1, -0.05) is 6.07 Å². The van der Waals surface area contributed by atoms with Gasteiger partial charge in [-0.15, -0.1) is 0 Å². The van der Waals surface area contributed by atoms with Crippen LogP contribution in [0, 0.1) is 10.1 Å². The molecule has 6 nitrogen and oxygen atoms in total. The molecule has 2 N–H and O–H groups in total. The zero-order chi connectivity index (χ0) is 12.4. The first-order valence-electron chi connectivity index (χ1n) is 5.43. The first-order chi connectivity index (χ1) is 8.11. The molecule has 1 aromatic carbocycles. The van der Waals surface area contributed by atoms with E-state index in [1.807, 2.05) is 0 Å². The van der Waals surface area contributed by atoms with E-state index in [4.69, 9.17) is 5.73 Å². The number of rotatable bonds is 2. The average molecular weight is 235 g/mol. The molecule has 0 atom stereocenters. The Labute approximate surface area is 98.2 Å². The van der Waals surface area contributed by atoms with Gasteiger partial charge in [-0.3, -0.25) is 14.9 Å². The monoisotopic (exact) mass is 235 g/mol. The summed E-state index contributed by atoms with van der Waals surface area (Å²) in [5.74, 6) is -0.340. The normalized spacial score (nSPS) is 14.9. The molecule has 0 aliphatic carbocycles. The van der Waals surface area contributed by atoms with Crippen LogP contribution in [0.3, 0.4) is 0 Å². The van der Waals surface area contributed by atoms with Crippen LogP contribution in [0.25, 0.3) is 0 Å². The smallest absolute Gasteiger partial charge is 0.284 e. The molecule has 1 aliphatic rings. The van der Waals surface area contributed by atoms with Gasteiger partial charge in [0, 0.05) is 19.2 Å². The Morgan fingerprint density at radius 3 is 2.59 bits per heavy atom. The molecule has 1 heterocycles. The third kappa shape index (κ3) is 2.06. The summed E-state index contributed by atoms with van der Waals surface area (Å²) >= 11 is 0. The molecule has 17 heavy (non-hydrogen) atoms. The lowest BCUT2D eigenvalue weighted by molar-refractivity contribution is -0.385. The molecule has 0 aromatic heterocycles. The minimum absolute atomic E-state index is 0.0133. The van der Waals surface area contributed by atoms with Crippen LogP contribution in [0.1, 0.15) is 23.2 Å². The first-order valence-corrected chi connectivity index (χ1v) is 5.43. The number of hydrogen-bond donors (Lipinski definition) is 1. The second kappa shape index (κ2) is 4.40. The quantitative estimate of drug-likeness (QED) is 0.476. The molecule has 0 saturated carbocycles. The summed E-state index contributed by atoms with van der Waals surface area (Å²) in [6.07, 6.45) is 1.87. The van der Waals surface area contributed by atoms with Crippen molar-refractivity contribution in [3.63, 3.8) is 0 Å². The Morgan fingerprint density at radius 2 is 2.00 bits per heavy atom.